The van der Waals surface area contributed by atoms with Gasteiger partial charge in [-0.1, -0.05) is 18.5 Å². The standard InChI is InChI=1S/C17H25N3O2.C4H3ClS.C3H7NO/c1-12(10-18)15-9-14(20-11-13(2)22-17(20)21)5-6-16(15)19-7-3-4-8-19;5-4-2-1-3-6-4;1-3(5)4-2/h5-6,9,12-13H,3-4,7-8,10-11,18H2,1-2H3;1-3H;1-2H3,(H,4,5). The van der Waals surface area contributed by atoms with Crippen LogP contribution in [0.2, 0.25) is 4.34 Å². The number of nitrogens with zero attached hydrogens (tertiary/aromatic N) is 2. The first-order valence-electron chi connectivity index (χ1n) is 11.2. The number of ether oxygens (including phenoxy) is 1. The average molecular weight is 495 g/mol. The van der Waals surface area contributed by atoms with Gasteiger partial charge in [0, 0.05) is 38.4 Å². The number of anilines is 2. The summed E-state index contributed by atoms with van der Waals surface area (Å²) in [5.41, 5.74) is 9.31. The Hall–Kier alpha value is -2.29. The lowest BCUT2D eigenvalue weighted by Crippen LogP contribution is -2.26. The van der Waals surface area contributed by atoms with Crippen LogP contribution >= 0.6 is 22.9 Å². The molecule has 2 aliphatic heterocycles. The van der Waals surface area contributed by atoms with E-state index in [-0.39, 0.29) is 24.0 Å². The molecule has 3 heterocycles. The molecule has 1 aromatic carbocycles. The molecule has 2 atom stereocenters. The van der Waals surface area contributed by atoms with Crippen molar-refractivity contribution in [1.82, 2.24) is 5.32 Å². The maximum absolute atomic E-state index is 11.9. The van der Waals surface area contributed by atoms with E-state index in [1.54, 1.807) is 23.3 Å². The first-order valence-corrected chi connectivity index (χ1v) is 12.5. The minimum Gasteiger partial charge on any atom is -0.444 e. The molecule has 33 heavy (non-hydrogen) atoms. The lowest BCUT2D eigenvalue weighted by atomic mass is 9.97. The van der Waals surface area contributed by atoms with Crippen LogP contribution in [0.3, 0.4) is 0 Å². The molecule has 2 aliphatic rings. The number of carbonyl (C=O) groups is 2. The van der Waals surface area contributed by atoms with Crippen molar-refractivity contribution in [2.75, 3.05) is 43.0 Å². The fourth-order valence-corrected chi connectivity index (χ4v) is 4.22. The number of thiophene rings is 1. The third kappa shape index (κ3) is 8.21. The van der Waals surface area contributed by atoms with E-state index >= 15 is 0 Å². The van der Waals surface area contributed by atoms with Gasteiger partial charge in [-0.15, -0.1) is 11.3 Å². The van der Waals surface area contributed by atoms with E-state index in [1.165, 1.54) is 31.0 Å². The van der Waals surface area contributed by atoms with E-state index in [0.717, 1.165) is 23.1 Å². The SMILES string of the molecule is CC1CN(c2ccc(N3CCCC3)c(C(C)CN)c2)C(=O)O1.CNC(C)=O.Clc1cccs1. The summed E-state index contributed by atoms with van der Waals surface area (Å²) in [6.45, 7) is 8.95. The van der Waals surface area contributed by atoms with Crippen LogP contribution < -0.4 is 20.9 Å². The van der Waals surface area contributed by atoms with Crippen LogP contribution in [-0.4, -0.2) is 51.3 Å². The second kappa shape index (κ2) is 13.4. The normalized spacial score (nSPS) is 18.0. The molecule has 182 valence electrons. The molecule has 2 saturated heterocycles. The Morgan fingerprint density at radius 2 is 2.00 bits per heavy atom. The Kier molecular flexibility index (Phi) is 11.0. The maximum atomic E-state index is 11.9. The number of carbonyl (C=O) groups excluding carboxylic acids is 2. The number of hydrogen-bond acceptors (Lipinski definition) is 6. The van der Waals surface area contributed by atoms with Crippen molar-refractivity contribution >= 4 is 46.3 Å². The van der Waals surface area contributed by atoms with Gasteiger partial charge >= 0.3 is 6.09 Å². The van der Waals surface area contributed by atoms with Crippen LogP contribution in [0.25, 0.3) is 0 Å². The van der Waals surface area contributed by atoms with Crippen LogP contribution in [0, 0.1) is 0 Å². The lowest BCUT2D eigenvalue weighted by molar-refractivity contribution is -0.118. The Morgan fingerprint density at radius 3 is 2.42 bits per heavy atom. The van der Waals surface area contributed by atoms with E-state index in [1.807, 2.05) is 30.5 Å². The zero-order valence-corrected chi connectivity index (χ0v) is 21.4. The molecular formula is C24H35ClN4O3S. The van der Waals surface area contributed by atoms with Crippen molar-refractivity contribution in [3.63, 3.8) is 0 Å². The summed E-state index contributed by atoms with van der Waals surface area (Å²) in [6, 6.07) is 10.1. The van der Waals surface area contributed by atoms with E-state index in [9.17, 15) is 9.59 Å². The molecule has 0 aliphatic carbocycles. The van der Waals surface area contributed by atoms with Crippen molar-refractivity contribution in [3.05, 3.63) is 45.6 Å². The molecule has 2 fully saturated rings. The van der Waals surface area contributed by atoms with Crippen molar-refractivity contribution < 1.29 is 14.3 Å². The highest BCUT2D eigenvalue weighted by molar-refractivity contribution is 7.14. The maximum Gasteiger partial charge on any atom is 0.414 e. The summed E-state index contributed by atoms with van der Waals surface area (Å²) in [7, 11) is 1.60. The van der Waals surface area contributed by atoms with Gasteiger partial charge in [0.05, 0.1) is 10.9 Å². The molecule has 2 unspecified atom stereocenters. The lowest BCUT2D eigenvalue weighted by Gasteiger charge is -2.26. The van der Waals surface area contributed by atoms with Gasteiger partial charge in [-0.2, -0.15) is 0 Å². The van der Waals surface area contributed by atoms with Crippen molar-refractivity contribution in [1.29, 1.82) is 0 Å². The molecule has 0 spiro atoms. The molecule has 0 radical (unpaired) electrons. The van der Waals surface area contributed by atoms with Gasteiger partial charge in [0.15, 0.2) is 0 Å². The fourth-order valence-electron chi connectivity index (χ4n) is 3.55. The highest BCUT2D eigenvalue weighted by Crippen LogP contribution is 2.34. The van der Waals surface area contributed by atoms with Crippen LogP contribution in [0.1, 0.15) is 45.1 Å². The number of hydrogen-bond donors (Lipinski definition) is 2. The van der Waals surface area contributed by atoms with Crippen LogP contribution in [0.15, 0.2) is 35.7 Å². The second-order valence-electron chi connectivity index (χ2n) is 8.10. The quantitative estimate of drug-likeness (QED) is 0.634. The monoisotopic (exact) mass is 494 g/mol. The largest absolute Gasteiger partial charge is 0.444 e. The summed E-state index contributed by atoms with van der Waals surface area (Å²) >= 11 is 7.02. The summed E-state index contributed by atoms with van der Waals surface area (Å²) in [5.74, 6) is 0.275. The van der Waals surface area contributed by atoms with Gasteiger partial charge in [-0.05, 0) is 73.5 Å². The first kappa shape index (κ1) is 27.0. The van der Waals surface area contributed by atoms with Crippen LogP contribution in [0.5, 0.6) is 0 Å². The van der Waals surface area contributed by atoms with Crippen molar-refractivity contribution in [2.45, 2.75) is 45.6 Å². The molecule has 9 heteroatoms. The Labute approximate surface area is 205 Å². The van der Waals surface area contributed by atoms with Crippen LogP contribution in [-0.2, 0) is 9.53 Å². The van der Waals surface area contributed by atoms with Gasteiger partial charge in [-0.25, -0.2) is 4.79 Å². The third-order valence-electron chi connectivity index (χ3n) is 5.45. The molecule has 2 amide bonds. The summed E-state index contributed by atoms with van der Waals surface area (Å²) in [6.07, 6.45) is 2.18. The second-order valence-corrected chi connectivity index (χ2v) is 9.68. The molecule has 4 rings (SSSR count). The minimum absolute atomic E-state index is 0.00463. The number of amides is 2. The predicted octanol–water partition coefficient (Wildman–Crippen LogP) is 4.85. The van der Waals surface area contributed by atoms with Crippen LogP contribution in [0.4, 0.5) is 16.2 Å². The minimum atomic E-state index is -0.257. The van der Waals surface area contributed by atoms with E-state index in [2.05, 4.69) is 29.3 Å². The zero-order chi connectivity index (χ0) is 24.4. The number of benzene rings is 1. The molecule has 3 N–H and O–H groups in total. The topological polar surface area (TPSA) is 87.9 Å². The van der Waals surface area contributed by atoms with Crippen molar-refractivity contribution in [2.24, 2.45) is 5.73 Å². The summed E-state index contributed by atoms with van der Waals surface area (Å²) < 4.78 is 6.09. The smallest absolute Gasteiger partial charge is 0.414 e. The Bertz CT molecular complexity index is 888. The molecule has 1 aromatic heterocycles. The average Bonchev–Trinajstić information content (AvgIpc) is 3.56. The van der Waals surface area contributed by atoms with Gasteiger partial charge in [-0.3, -0.25) is 9.69 Å². The number of rotatable bonds is 4. The summed E-state index contributed by atoms with van der Waals surface area (Å²) in [5, 5.41) is 4.34. The van der Waals surface area contributed by atoms with E-state index < -0.39 is 0 Å². The van der Waals surface area contributed by atoms with Gasteiger partial charge in [0.2, 0.25) is 5.91 Å². The highest BCUT2D eigenvalue weighted by Gasteiger charge is 2.30. The van der Waals surface area contributed by atoms with E-state index in [4.69, 9.17) is 22.1 Å². The number of halogens is 1. The molecule has 7 nitrogen and oxygen atoms in total. The number of cyclic esters (lactones) is 1. The Balaban J connectivity index is 0.000000289. The van der Waals surface area contributed by atoms with E-state index in [0.29, 0.717) is 13.1 Å². The molecule has 2 aromatic rings. The Morgan fingerprint density at radius 1 is 1.33 bits per heavy atom. The predicted molar refractivity (Wildman–Crippen MR) is 138 cm³/mol. The first-order chi connectivity index (χ1) is 15.8. The van der Waals surface area contributed by atoms with Gasteiger partial charge in [0.25, 0.3) is 0 Å². The molecule has 0 bridgehead atoms. The highest BCUT2D eigenvalue weighted by atomic mass is 35.5. The molecular weight excluding hydrogens is 460 g/mol. The van der Waals surface area contributed by atoms with Crippen molar-refractivity contribution in [3.8, 4) is 0 Å². The van der Waals surface area contributed by atoms with Gasteiger partial charge < -0.3 is 20.7 Å². The summed E-state index contributed by atoms with van der Waals surface area (Å²) in [4.78, 5) is 25.8. The fraction of sp³-hybridized carbons (Fsp3) is 0.500. The third-order valence-corrected chi connectivity index (χ3v) is 6.50. The molecule has 0 saturated carbocycles. The zero-order valence-electron chi connectivity index (χ0n) is 19.8. The number of nitrogens with two attached hydrogens (primary N) is 1. The van der Waals surface area contributed by atoms with Gasteiger partial charge in [0.1, 0.15) is 6.10 Å². The number of nitrogens with one attached hydrogen (secondary N) is 1.